The molecule has 1 atom stereocenters. The summed E-state index contributed by atoms with van der Waals surface area (Å²) in [5, 5.41) is 28.3. The van der Waals surface area contributed by atoms with Gasteiger partial charge in [0, 0.05) is 13.2 Å². The molecule has 1 rings (SSSR count). The van der Waals surface area contributed by atoms with Crippen LogP contribution in [0.1, 0.15) is 31.5 Å². The lowest BCUT2D eigenvalue weighted by molar-refractivity contribution is -0.139. The van der Waals surface area contributed by atoms with Crippen LogP contribution in [0.5, 0.6) is 0 Å². The van der Waals surface area contributed by atoms with E-state index in [0.29, 0.717) is 25.2 Å². The number of aliphatic hydroxyl groups is 1. The van der Waals surface area contributed by atoms with Crippen molar-refractivity contribution in [2.24, 2.45) is 0 Å². The molecule has 17 heavy (non-hydrogen) atoms. The molecule has 7 heteroatoms. The number of carboxylic acids is 1. The van der Waals surface area contributed by atoms with Crippen LogP contribution in [0.15, 0.2) is 6.20 Å². The average Bonchev–Trinajstić information content (AvgIpc) is 2.75. The highest BCUT2D eigenvalue weighted by molar-refractivity contribution is 5.74. The molecule has 1 aromatic heterocycles. The lowest BCUT2D eigenvalue weighted by atomic mass is 10.2. The van der Waals surface area contributed by atoms with Crippen molar-refractivity contribution < 1.29 is 15.0 Å². The van der Waals surface area contributed by atoms with E-state index < -0.39 is 12.0 Å². The normalized spacial score (nSPS) is 12.6. The van der Waals surface area contributed by atoms with Gasteiger partial charge in [-0.15, -0.1) is 5.10 Å². The van der Waals surface area contributed by atoms with E-state index in [-0.39, 0.29) is 6.61 Å². The third-order valence-electron chi connectivity index (χ3n) is 2.24. The Labute approximate surface area is 99.4 Å². The summed E-state index contributed by atoms with van der Waals surface area (Å²) in [6.07, 6.45) is 3.02. The van der Waals surface area contributed by atoms with Gasteiger partial charge in [0.15, 0.2) is 6.04 Å². The molecule has 96 valence electrons. The van der Waals surface area contributed by atoms with Crippen LogP contribution >= 0.6 is 0 Å². The molecule has 0 saturated carbocycles. The van der Waals surface area contributed by atoms with Gasteiger partial charge in [-0.3, -0.25) is 14.8 Å². The van der Waals surface area contributed by atoms with E-state index in [4.69, 9.17) is 10.2 Å². The molecule has 7 nitrogen and oxygen atoms in total. The van der Waals surface area contributed by atoms with Crippen LogP contribution in [-0.4, -0.2) is 44.3 Å². The summed E-state index contributed by atoms with van der Waals surface area (Å²) in [5.41, 5.74) is 0.392. The summed E-state index contributed by atoms with van der Waals surface area (Å²) in [7, 11) is 0. The molecule has 0 aliphatic heterocycles. The van der Waals surface area contributed by atoms with E-state index in [1.807, 2.05) is 6.92 Å². The van der Waals surface area contributed by atoms with Gasteiger partial charge in [-0.25, -0.2) is 0 Å². The molecule has 0 aromatic carbocycles. The number of hydrogen-bond acceptors (Lipinski definition) is 5. The zero-order valence-electron chi connectivity index (χ0n) is 9.83. The van der Waals surface area contributed by atoms with E-state index in [0.717, 1.165) is 6.42 Å². The highest BCUT2D eigenvalue weighted by Gasteiger charge is 2.21. The van der Waals surface area contributed by atoms with Gasteiger partial charge in [-0.2, -0.15) is 0 Å². The van der Waals surface area contributed by atoms with Crippen molar-refractivity contribution in [2.75, 3.05) is 13.2 Å². The largest absolute Gasteiger partial charge is 0.480 e. The minimum atomic E-state index is -0.965. The molecule has 0 saturated heterocycles. The van der Waals surface area contributed by atoms with Gasteiger partial charge >= 0.3 is 5.97 Å². The number of carbonyl (C=O) groups is 1. The number of nitrogens with one attached hydrogen (secondary N) is 1. The Morgan fingerprint density at radius 1 is 1.65 bits per heavy atom. The maximum atomic E-state index is 11.0. The van der Waals surface area contributed by atoms with Crippen molar-refractivity contribution in [2.45, 2.75) is 32.4 Å². The predicted octanol–water partition coefficient (Wildman–Crippen LogP) is -0.214. The van der Waals surface area contributed by atoms with E-state index >= 15 is 0 Å². The molecule has 1 heterocycles. The first kappa shape index (κ1) is 13.6. The molecule has 0 bridgehead atoms. The number of aryl methyl sites for hydroxylation is 1. The van der Waals surface area contributed by atoms with Gasteiger partial charge in [-0.05, 0) is 19.4 Å². The summed E-state index contributed by atoms with van der Waals surface area (Å²) in [4.78, 5) is 11.0. The van der Waals surface area contributed by atoms with Crippen molar-refractivity contribution in [3.8, 4) is 0 Å². The topological polar surface area (TPSA) is 100 Å². The maximum Gasteiger partial charge on any atom is 0.327 e. The Morgan fingerprint density at radius 2 is 2.41 bits per heavy atom. The summed E-state index contributed by atoms with van der Waals surface area (Å²) in [6.45, 7) is 3.18. The third kappa shape index (κ3) is 4.12. The highest BCUT2D eigenvalue weighted by Crippen LogP contribution is 2.09. The second kappa shape index (κ2) is 6.97. The van der Waals surface area contributed by atoms with Crippen molar-refractivity contribution >= 4 is 5.97 Å². The lowest BCUT2D eigenvalue weighted by Gasteiger charge is -2.10. The average molecular weight is 242 g/mol. The molecule has 0 amide bonds. The lowest BCUT2D eigenvalue weighted by Crippen LogP contribution is -2.29. The summed E-state index contributed by atoms with van der Waals surface area (Å²) in [5.74, 6) is -0.965. The smallest absolute Gasteiger partial charge is 0.327 e. The summed E-state index contributed by atoms with van der Waals surface area (Å²) < 4.78 is 1.54. The quantitative estimate of drug-likeness (QED) is 0.583. The number of hydrogen-bond donors (Lipinski definition) is 3. The number of aromatic nitrogens is 3. The monoisotopic (exact) mass is 242 g/mol. The summed E-state index contributed by atoms with van der Waals surface area (Å²) in [6, 6.07) is -0.821. The van der Waals surface area contributed by atoms with Crippen LogP contribution in [0.2, 0.25) is 0 Å². The molecule has 3 N–H and O–H groups in total. The molecular weight excluding hydrogens is 224 g/mol. The van der Waals surface area contributed by atoms with Gasteiger partial charge in [-0.1, -0.05) is 12.1 Å². The van der Waals surface area contributed by atoms with Crippen LogP contribution in [0.25, 0.3) is 0 Å². The third-order valence-corrected chi connectivity index (χ3v) is 2.24. The van der Waals surface area contributed by atoms with Crippen LogP contribution in [-0.2, 0) is 11.3 Å². The Bertz CT molecular complexity index is 353. The zero-order valence-corrected chi connectivity index (χ0v) is 9.83. The molecule has 0 spiro atoms. The van der Waals surface area contributed by atoms with Crippen LogP contribution in [0.3, 0.4) is 0 Å². The Kier molecular flexibility index (Phi) is 5.58. The van der Waals surface area contributed by atoms with Gasteiger partial charge < -0.3 is 10.2 Å². The fourth-order valence-corrected chi connectivity index (χ4v) is 1.39. The first-order valence-corrected chi connectivity index (χ1v) is 5.66. The highest BCUT2D eigenvalue weighted by atomic mass is 16.4. The number of aliphatic hydroxyl groups excluding tert-OH is 1. The number of nitrogens with zero attached hydrogens (tertiary/aromatic N) is 3. The second-order valence-corrected chi connectivity index (χ2v) is 3.71. The number of carboxylic acid groups (broad SMARTS) is 1. The van der Waals surface area contributed by atoms with Gasteiger partial charge in [0.25, 0.3) is 0 Å². The number of aliphatic carboxylic acids is 1. The molecule has 1 unspecified atom stereocenters. The molecule has 0 radical (unpaired) electrons. The van der Waals surface area contributed by atoms with Crippen LogP contribution < -0.4 is 5.32 Å². The fourth-order valence-electron chi connectivity index (χ4n) is 1.39. The minimum absolute atomic E-state index is 0.0750. The number of rotatable bonds is 8. The molecule has 0 fully saturated rings. The van der Waals surface area contributed by atoms with E-state index in [9.17, 15) is 4.79 Å². The first-order valence-electron chi connectivity index (χ1n) is 5.66. The van der Waals surface area contributed by atoms with Gasteiger partial charge in [0.05, 0.1) is 6.20 Å². The van der Waals surface area contributed by atoms with Crippen molar-refractivity contribution in [3.05, 3.63) is 11.9 Å². The predicted molar refractivity (Wildman–Crippen MR) is 60.4 cm³/mol. The standard InChI is InChI=1S/C10H18N4O3/c1-2-4-11-9(10(16)17)8-7-14(13-12-8)5-3-6-15/h7,9,11,15H,2-6H2,1H3,(H,16,17). The van der Waals surface area contributed by atoms with Crippen molar-refractivity contribution in [3.63, 3.8) is 0 Å². The fraction of sp³-hybridized carbons (Fsp3) is 0.700. The van der Waals surface area contributed by atoms with Crippen molar-refractivity contribution in [1.29, 1.82) is 0 Å². The van der Waals surface area contributed by atoms with Gasteiger partial charge in [0.2, 0.25) is 0 Å². The summed E-state index contributed by atoms with van der Waals surface area (Å²) >= 11 is 0. The van der Waals surface area contributed by atoms with E-state index in [1.54, 1.807) is 6.20 Å². The van der Waals surface area contributed by atoms with Crippen LogP contribution in [0, 0.1) is 0 Å². The zero-order chi connectivity index (χ0) is 12.7. The Morgan fingerprint density at radius 3 is 3.00 bits per heavy atom. The van der Waals surface area contributed by atoms with Crippen LogP contribution in [0.4, 0.5) is 0 Å². The van der Waals surface area contributed by atoms with E-state index in [2.05, 4.69) is 15.6 Å². The molecule has 0 aliphatic rings. The SMILES string of the molecule is CCCNC(C(=O)O)c1cn(CCCO)nn1. The molecular formula is C10H18N4O3. The minimum Gasteiger partial charge on any atom is -0.480 e. The Balaban J connectivity index is 2.66. The molecule has 1 aromatic rings. The van der Waals surface area contributed by atoms with E-state index in [1.165, 1.54) is 4.68 Å². The second-order valence-electron chi connectivity index (χ2n) is 3.71. The maximum absolute atomic E-state index is 11.0. The Hall–Kier alpha value is -1.47. The molecule has 0 aliphatic carbocycles. The first-order chi connectivity index (χ1) is 8.19. The van der Waals surface area contributed by atoms with Gasteiger partial charge in [0.1, 0.15) is 5.69 Å². The van der Waals surface area contributed by atoms with Crippen molar-refractivity contribution in [1.82, 2.24) is 20.3 Å².